The van der Waals surface area contributed by atoms with Crippen molar-refractivity contribution >= 4 is 31.4 Å². The van der Waals surface area contributed by atoms with Gasteiger partial charge in [0.1, 0.15) is 0 Å². The van der Waals surface area contributed by atoms with Gasteiger partial charge in [-0.15, -0.1) is 0 Å². The van der Waals surface area contributed by atoms with Crippen molar-refractivity contribution in [3.63, 3.8) is 0 Å². The number of hydrogen-bond donors (Lipinski definition) is 0. The van der Waals surface area contributed by atoms with E-state index in [4.69, 9.17) is 0 Å². The van der Waals surface area contributed by atoms with E-state index in [1.807, 2.05) is 31.4 Å². The fourth-order valence-corrected chi connectivity index (χ4v) is 3.88. The molecule has 1 saturated heterocycles. The molecule has 0 unspecified atom stereocenters. The van der Waals surface area contributed by atoms with Gasteiger partial charge in [-0.3, -0.25) is 0 Å². The largest absolute Gasteiger partial charge is 0.0826 e. The molecule has 0 aliphatic carbocycles. The van der Waals surface area contributed by atoms with E-state index in [0.717, 1.165) is 0 Å². The van der Waals surface area contributed by atoms with Crippen molar-refractivity contribution in [1.29, 1.82) is 0 Å². The Hall–Kier alpha value is 1.05. The van der Waals surface area contributed by atoms with Crippen molar-refractivity contribution in [1.82, 2.24) is 0 Å². The van der Waals surface area contributed by atoms with E-state index < -0.39 is 0 Å². The molecule has 3 heteroatoms. The highest BCUT2D eigenvalue weighted by Gasteiger charge is 1.97. The zero-order valence-electron chi connectivity index (χ0n) is 3.92. The summed E-state index contributed by atoms with van der Waals surface area (Å²) in [7, 11) is 5.73. The maximum atomic E-state index is 2.28. The Kier molecular flexibility index (Phi) is 3.51. The van der Waals surface area contributed by atoms with Gasteiger partial charge in [0, 0.05) is 11.5 Å². The summed E-state index contributed by atoms with van der Waals surface area (Å²) in [6.07, 6.45) is 2.66. The molecule has 1 radical (unpaired) electrons. The quantitative estimate of drug-likeness (QED) is 0.488. The fraction of sp³-hybridized carbons (Fsp3) is 0.750. The second kappa shape index (κ2) is 3.98. The normalized spacial score (nSPS) is 24.0. The van der Waals surface area contributed by atoms with E-state index in [9.17, 15) is 0 Å². The monoisotopic (exact) mass is 151 g/mol. The molecule has 1 aliphatic rings. The van der Waals surface area contributed by atoms with E-state index in [1.54, 1.807) is 0 Å². The second-order valence-corrected chi connectivity index (χ2v) is 5.52. The molecular formula is C4H7S3. The lowest BCUT2D eigenvalue weighted by Crippen LogP contribution is -1.70. The molecule has 1 rings (SSSR count). The summed E-state index contributed by atoms with van der Waals surface area (Å²) in [4.78, 5) is 0. The highest BCUT2D eigenvalue weighted by atomic mass is 33.5. The zero-order valence-corrected chi connectivity index (χ0v) is 6.37. The standard InChI is InChI=1S/C4H7S3/c1-2-4-6-7-5-3-1/h3H,1-2,4H2. The average molecular weight is 151 g/mol. The highest BCUT2D eigenvalue weighted by molar-refractivity contribution is 9.09. The number of rotatable bonds is 0. The van der Waals surface area contributed by atoms with Crippen LogP contribution in [0.2, 0.25) is 0 Å². The first kappa shape index (κ1) is 6.17. The molecule has 0 atom stereocenters. The molecule has 0 aromatic carbocycles. The minimum Gasteiger partial charge on any atom is -0.0826 e. The summed E-state index contributed by atoms with van der Waals surface area (Å²) >= 11 is 0. The molecule has 0 aromatic rings. The van der Waals surface area contributed by atoms with Crippen molar-refractivity contribution in [2.24, 2.45) is 0 Å². The molecule has 0 spiro atoms. The van der Waals surface area contributed by atoms with Crippen LogP contribution in [0.4, 0.5) is 0 Å². The minimum atomic E-state index is 1.30. The van der Waals surface area contributed by atoms with Gasteiger partial charge < -0.3 is 0 Å². The van der Waals surface area contributed by atoms with Crippen LogP contribution in [0.15, 0.2) is 0 Å². The van der Waals surface area contributed by atoms with Crippen LogP contribution >= 0.6 is 31.4 Å². The maximum absolute atomic E-state index is 2.28. The maximum Gasteiger partial charge on any atom is 0.0287 e. The van der Waals surface area contributed by atoms with Gasteiger partial charge in [0.05, 0.1) is 0 Å². The predicted molar refractivity (Wildman–Crippen MR) is 41.2 cm³/mol. The van der Waals surface area contributed by atoms with Crippen LogP contribution in [0.5, 0.6) is 0 Å². The van der Waals surface area contributed by atoms with E-state index >= 15 is 0 Å². The molecule has 1 heterocycles. The van der Waals surface area contributed by atoms with Crippen molar-refractivity contribution < 1.29 is 0 Å². The van der Waals surface area contributed by atoms with Crippen LogP contribution in [-0.2, 0) is 0 Å². The van der Waals surface area contributed by atoms with Gasteiger partial charge in [0.15, 0.2) is 0 Å². The van der Waals surface area contributed by atoms with Crippen molar-refractivity contribution in [3.05, 3.63) is 5.75 Å². The predicted octanol–water partition coefficient (Wildman–Crippen LogP) is 2.97. The molecule has 41 valence electrons. The highest BCUT2D eigenvalue weighted by Crippen LogP contribution is 2.40. The van der Waals surface area contributed by atoms with Gasteiger partial charge in [-0.2, -0.15) is 0 Å². The first-order valence-electron chi connectivity index (χ1n) is 2.27. The SMILES string of the molecule is [CH]1CCCSSS1. The molecule has 0 amide bonds. The summed E-state index contributed by atoms with van der Waals surface area (Å²) in [6.45, 7) is 0. The Bertz CT molecular complexity index is 26.5. The molecule has 0 N–H and O–H groups in total. The Labute approximate surface area is 56.0 Å². The van der Waals surface area contributed by atoms with Crippen LogP contribution in [0, 0.1) is 5.75 Å². The van der Waals surface area contributed by atoms with Crippen molar-refractivity contribution in [3.8, 4) is 0 Å². The topological polar surface area (TPSA) is 0 Å². The lowest BCUT2D eigenvalue weighted by molar-refractivity contribution is 0.962. The molecular weight excluding hydrogens is 144 g/mol. The van der Waals surface area contributed by atoms with Gasteiger partial charge in [-0.05, 0) is 22.7 Å². The third-order valence-electron chi connectivity index (χ3n) is 0.705. The van der Waals surface area contributed by atoms with Gasteiger partial charge in [-0.1, -0.05) is 21.6 Å². The van der Waals surface area contributed by atoms with Crippen LogP contribution in [0.3, 0.4) is 0 Å². The Morgan fingerprint density at radius 1 is 1.43 bits per heavy atom. The van der Waals surface area contributed by atoms with Crippen molar-refractivity contribution in [2.75, 3.05) is 5.75 Å². The first-order valence-corrected chi connectivity index (χ1v) is 5.98. The average Bonchev–Trinajstić information content (AvgIpc) is 1.90. The zero-order chi connectivity index (χ0) is 4.95. The van der Waals surface area contributed by atoms with Crippen LogP contribution in [0.1, 0.15) is 12.8 Å². The molecule has 0 bridgehead atoms. The minimum absolute atomic E-state index is 1.30. The number of hydrogen-bond acceptors (Lipinski definition) is 3. The summed E-state index contributed by atoms with van der Waals surface area (Å²) < 4.78 is 0. The van der Waals surface area contributed by atoms with Crippen LogP contribution < -0.4 is 0 Å². The fourth-order valence-electron chi connectivity index (χ4n) is 0.363. The molecule has 1 fully saturated rings. The Morgan fingerprint density at radius 3 is 3.43 bits per heavy atom. The van der Waals surface area contributed by atoms with Gasteiger partial charge in [0.25, 0.3) is 0 Å². The third-order valence-corrected chi connectivity index (χ3v) is 4.71. The Morgan fingerprint density at radius 2 is 2.43 bits per heavy atom. The Balaban J connectivity index is 2.04. The third kappa shape index (κ3) is 2.77. The van der Waals surface area contributed by atoms with E-state index in [-0.39, 0.29) is 0 Å². The molecule has 1 aliphatic heterocycles. The van der Waals surface area contributed by atoms with Gasteiger partial charge in [0.2, 0.25) is 0 Å². The second-order valence-electron chi connectivity index (χ2n) is 1.30. The summed E-state index contributed by atoms with van der Waals surface area (Å²) in [6, 6.07) is 0. The van der Waals surface area contributed by atoms with E-state index in [0.29, 0.717) is 0 Å². The summed E-state index contributed by atoms with van der Waals surface area (Å²) in [5, 5.41) is 0. The molecule has 7 heavy (non-hydrogen) atoms. The van der Waals surface area contributed by atoms with Crippen molar-refractivity contribution in [2.45, 2.75) is 12.8 Å². The van der Waals surface area contributed by atoms with Gasteiger partial charge >= 0.3 is 0 Å². The molecule has 0 saturated carbocycles. The summed E-state index contributed by atoms with van der Waals surface area (Å²) in [5.41, 5.74) is 0. The van der Waals surface area contributed by atoms with E-state index in [1.165, 1.54) is 18.6 Å². The summed E-state index contributed by atoms with van der Waals surface area (Å²) in [5.74, 6) is 3.61. The van der Waals surface area contributed by atoms with Gasteiger partial charge in [-0.25, -0.2) is 0 Å². The molecule has 0 aromatic heterocycles. The molecule has 0 nitrogen and oxygen atoms in total. The van der Waals surface area contributed by atoms with Crippen LogP contribution in [-0.4, -0.2) is 5.75 Å². The van der Waals surface area contributed by atoms with Crippen LogP contribution in [0.25, 0.3) is 0 Å². The lowest BCUT2D eigenvalue weighted by Gasteiger charge is -1.84. The first-order chi connectivity index (χ1) is 3.50. The smallest absolute Gasteiger partial charge is 0.0287 e. The lowest BCUT2D eigenvalue weighted by atomic mass is 10.4. The van der Waals surface area contributed by atoms with E-state index in [2.05, 4.69) is 5.75 Å².